The Morgan fingerprint density at radius 2 is 1.90 bits per heavy atom. The lowest BCUT2D eigenvalue weighted by atomic mass is 9.90. The topological polar surface area (TPSA) is 61.9 Å². The molecule has 0 spiro atoms. The molecule has 1 aromatic carbocycles. The molecule has 29 heavy (non-hydrogen) atoms. The Labute approximate surface area is 175 Å². The number of hydrogen-bond donors (Lipinski definition) is 1. The summed E-state index contributed by atoms with van der Waals surface area (Å²) in [4.78, 5) is 23.6. The van der Waals surface area contributed by atoms with Gasteiger partial charge < -0.3 is 10.6 Å². The van der Waals surface area contributed by atoms with Crippen molar-refractivity contribution in [2.45, 2.75) is 32.7 Å². The summed E-state index contributed by atoms with van der Waals surface area (Å²) in [7, 11) is 0. The lowest BCUT2D eigenvalue weighted by Crippen LogP contribution is -2.48. The Balaban J connectivity index is 1.38. The van der Waals surface area contributed by atoms with E-state index in [1.807, 2.05) is 11.4 Å². The van der Waals surface area contributed by atoms with Crippen molar-refractivity contribution in [1.29, 1.82) is 0 Å². The van der Waals surface area contributed by atoms with Gasteiger partial charge in [-0.15, -0.1) is 11.3 Å². The number of allylic oxidation sites excluding steroid dienone is 1. The summed E-state index contributed by atoms with van der Waals surface area (Å²) in [5.74, 6) is 0.0917. The van der Waals surface area contributed by atoms with Crippen LogP contribution >= 0.6 is 11.3 Å². The van der Waals surface area contributed by atoms with Crippen LogP contribution in [-0.2, 0) is 17.6 Å². The van der Waals surface area contributed by atoms with Crippen LogP contribution in [0.25, 0.3) is 5.70 Å². The van der Waals surface area contributed by atoms with Gasteiger partial charge in [-0.05, 0) is 49.1 Å². The monoisotopic (exact) mass is 406 g/mol. The molecule has 2 aliphatic heterocycles. The molecule has 3 heterocycles. The Morgan fingerprint density at radius 3 is 2.66 bits per heavy atom. The minimum absolute atomic E-state index is 0.0917. The number of benzene rings is 1. The molecular formula is C23H26N4OS. The van der Waals surface area contributed by atoms with Crippen LogP contribution in [-0.4, -0.2) is 48.6 Å². The predicted molar refractivity (Wildman–Crippen MR) is 120 cm³/mol. The fraction of sp³-hybridized carbons (Fsp3) is 0.391. The van der Waals surface area contributed by atoms with Gasteiger partial charge in [0.25, 0.3) is 0 Å². The van der Waals surface area contributed by atoms with Crippen LogP contribution < -0.4 is 10.6 Å². The van der Waals surface area contributed by atoms with Gasteiger partial charge in [0.15, 0.2) is 5.78 Å². The maximum Gasteiger partial charge on any atom is 0.172 e. The molecule has 0 amide bonds. The maximum absolute atomic E-state index is 12.8. The second-order valence-electron chi connectivity index (χ2n) is 8.31. The Morgan fingerprint density at radius 1 is 1.10 bits per heavy atom. The number of nitrogens with two attached hydrogens (primary N) is 1. The summed E-state index contributed by atoms with van der Waals surface area (Å²) >= 11 is 1.60. The molecule has 150 valence electrons. The van der Waals surface area contributed by atoms with Gasteiger partial charge in [0.1, 0.15) is 0 Å². The Hall–Kier alpha value is -2.44. The SMILES string of the molecule is CC(C)N1CCN(c2ccc3c(c2)CC(C2=C(N)c4ccsc4CC2=O)=N3)CC1. The van der Waals surface area contributed by atoms with E-state index >= 15 is 0 Å². The van der Waals surface area contributed by atoms with E-state index in [2.05, 4.69) is 41.8 Å². The number of carbonyl (C=O) groups excluding carboxylic acids is 1. The molecular weight excluding hydrogens is 380 g/mol. The molecule has 1 aromatic heterocycles. The number of hydrogen-bond acceptors (Lipinski definition) is 6. The van der Waals surface area contributed by atoms with Crippen molar-refractivity contribution in [2.75, 3.05) is 31.1 Å². The van der Waals surface area contributed by atoms with Crippen LogP contribution in [0.5, 0.6) is 0 Å². The molecule has 1 fully saturated rings. The number of piperazine rings is 1. The fourth-order valence-electron chi connectivity index (χ4n) is 4.58. The van der Waals surface area contributed by atoms with E-state index in [4.69, 9.17) is 10.7 Å². The number of rotatable bonds is 3. The summed E-state index contributed by atoms with van der Waals surface area (Å²) in [5, 5.41) is 2.00. The van der Waals surface area contributed by atoms with Crippen LogP contribution in [0.3, 0.4) is 0 Å². The van der Waals surface area contributed by atoms with Crippen LogP contribution in [0.1, 0.15) is 29.9 Å². The smallest absolute Gasteiger partial charge is 0.172 e. The van der Waals surface area contributed by atoms with Gasteiger partial charge in [0, 0.05) is 61.2 Å². The number of nitrogens with zero attached hydrogens (tertiary/aromatic N) is 3. The minimum atomic E-state index is 0.0917. The average Bonchev–Trinajstić information content (AvgIpc) is 3.34. The zero-order chi connectivity index (χ0) is 20.1. The molecule has 0 bridgehead atoms. The predicted octanol–water partition coefficient (Wildman–Crippen LogP) is 3.40. The van der Waals surface area contributed by atoms with E-state index in [9.17, 15) is 4.79 Å². The number of Topliss-reactive ketones (excluding diaryl/α,β-unsaturated/α-hetero) is 1. The first-order chi connectivity index (χ1) is 14.0. The molecule has 1 aliphatic carbocycles. The first-order valence-corrected chi connectivity index (χ1v) is 11.2. The van der Waals surface area contributed by atoms with E-state index in [0.29, 0.717) is 30.2 Å². The van der Waals surface area contributed by atoms with Crippen molar-refractivity contribution in [3.05, 3.63) is 51.2 Å². The third-order valence-corrected chi connectivity index (χ3v) is 7.20. The van der Waals surface area contributed by atoms with Crippen LogP contribution in [0.15, 0.2) is 40.2 Å². The standard InChI is InChI=1S/C23H26N4OS/c1-14(2)26-6-8-27(9-7-26)16-3-4-18-15(11-16)12-19(25-18)22-20(28)13-21-17(23(22)24)5-10-29-21/h3-5,10-11,14H,6-9,12-13,24H2,1-2H3. The quantitative estimate of drug-likeness (QED) is 0.849. The summed E-state index contributed by atoms with van der Waals surface area (Å²) in [6, 6.07) is 9.11. The molecule has 0 atom stereocenters. The lowest BCUT2D eigenvalue weighted by molar-refractivity contribution is -0.114. The normalized spacial score (nSPS) is 19.6. The maximum atomic E-state index is 12.8. The number of thiophene rings is 1. The highest BCUT2D eigenvalue weighted by Crippen LogP contribution is 2.37. The number of aliphatic imine (C=N–C) groups is 1. The number of fused-ring (bicyclic) bond motifs is 2. The van der Waals surface area contributed by atoms with Gasteiger partial charge in [0.05, 0.1) is 22.7 Å². The van der Waals surface area contributed by atoms with Crippen molar-refractivity contribution >= 4 is 39.9 Å². The second-order valence-corrected chi connectivity index (χ2v) is 9.31. The summed E-state index contributed by atoms with van der Waals surface area (Å²) in [6.07, 6.45) is 1.11. The van der Waals surface area contributed by atoms with Crippen molar-refractivity contribution in [3.8, 4) is 0 Å². The van der Waals surface area contributed by atoms with Crippen molar-refractivity contribution in [1.82, 2.24) is 4.90 Å². The van der Waals surface area contributed by atoms with Gasteiger partial charge in [0.2, 0.25) is 0 Å². The fourth-order valence-corrected chi connectivity index (χ4v) is 5.47. The lowest BCUT2D eigenvalue weighted by Gasteiger charge is -2.38. The van der Waals surface area contributed by atoms with Gasteiger partial charge in [-0.25, -0.2) is 0 Å². The van der Waals surface area contributed by atoms with Crippen molar-refractivity contribution in [2.24, 2.45) is 10.7 Å². The van der Waals surface area contributed by atoms with Gasteiger partial charge in [-0.1, -0.05) is 0 Å². The molecule has 2 aromatic rings. The van der Waals surface area contributed by atoms with E-state index < -0.39 is 0 Å². The minimum Gasteiger partial charge on any atom is -0.398 e. The van der Waals surface area contributed by atoms with E-state index in [1.165, 1.54) is 11.3 Å². The third-order valence-electron chi connectivity index (χ3n) is 6.28. The van der Waals surface area contributed by atoms with Gasteiger partial charge in [-0.3, -0.25) is 14.7 Å². The van der Waals surface area contributed by atoms with Crippen molar-refractivity contribution in [3.63, 3.8) is 0 Å². The van der Waals surface area contributed by atoms with Crippen LogP contribution in [0, 0.1) is 0 Å². The molecule has 0 unspecified atom stereocenters. The molecule has 3 aliphatic rings. The molecule has 5 rings (SSSR count). The average molecular weight is 407 g/mol. The Bertz CT molecular complexity index is 1040. The number of ketones is 1. The highest BCUT2D eigenvalue weighted by molar-refractivity contribution is 7.10. The molecule has 0 radical (unpaired) electrons. The number of anilines is 1. The van der Waals surface area contributed by atoms with Crippen LogP contribution in [0.4, 0.5) is 11.4 Å². The number of carbonyl (C=O) groups is 1. The molecule has 5 nitrogen and oxygen atoms in total. The first kappa shape index (κ1) is 18.6. The Kier molecular flexibility index (Phi) is 4.56. The summed E-state index contributed by atoms with van der Waals surface area (Å²) in [5.41, 5.74) is 12.8. The second kappa shape index (κ2) is 7.11. The first-order valence-electron chi connectivity index (χ1n) is 10.3. The highest BCUT2D eigenvalue weighted by atomic mass is 32.1. The molecule has 1 saturated heterocycles. The van der Waals surface area contributed by atoms with Crippen LogP contribution in [0.2, 0.25) is 0 Å². The summed E-state index contributed by atoms with van der Waals surface area (Å²) < 4.78 is 0. The van der Waals surface area contributed by atoms with Gasteiger partial charge >= 0.3 is 0 Å². The largest absolute Gasteiger partial charge is 0.398 e. The molecule has 2 N–H and O–H groups in total. The third kappa shape index (κ3) is 3.20. The van der Waals surface area contributed by atoms with E-state index in [1.54, 1.807) is 11.3 Å². The summed E-state index contributed by atoms with van der Waals surface area (Å²) in [6.45, 7) is 8.80. The van der Waals surface area contributed by atoms with Crippen molar-refractivity contribution < 1.29 is 4.79 Å². The van der Waals surface area contributed by atoms with Gasteiger partial charge in [-0.2, -0.15) is 0 Å². The molecule has 0 saturated carbocycles. The highest BCUT2D eigenvalue weighted by Gasteiger charge is 2.31. The van der Waals surface area contributed by atoms with E-state index in [-0.39, 0.29) is 5.78 Å². The zero-order valence-corrected chi connectivity index (χ0v) is 17.8. The van der Waals surface area contributed by atoms with E-state index in [0.717, 1.165) is 48.0 Å². The zero-order valence-electron chi connectivity index (χ0n) is 16.9. The molecule has 6 heteroatoms.